The Morgan fingerprint density at radius 1 is 1.18 bits per heavy atom. The van der Waals surface area contributed by atoms with Crippen LogP contribution in [0.5, 0.6) is 5.75 Å². The molecule has 2 amide bonds. The van der Waals surface area contributed by atoms with Gasteiger partial charge in [-0.05, 0) is 36.8 Å². The van der Waals surface area contributed by atoms with Crippen LogP contribution in [0.2, 0.25) is 0 Å². The van der Waals surface area contributed by atoms with E-state index in [0.717, 1.165) is 10.9 Å². The van der Waals surface area contributed by atoms with Gasteiger partial charge in [-0.2, -0.15) is 5.10 Å². The molecule has 0 aliphatic carbocycles. The van der Waals surface area contributed by atoms with E-state index >= 15 is 0 Å². The molecular formula is C20H21BrFN3O3. The molecule has 0 spiro atoms. The van der Waals surface area contributed by atoms with Crippen LogP contribution in [0.1, 0.15) is 31.7 Å². The molecule has 0 saturated heterocycles. The molecule has 0 aromatic heterocycles. The molecule has 6 nitrogen and oxygen atoms in total. The quantitative estimate of drug-likeness (QED) is 0.443. The topological polar surface area (TPSA) is 79.8 Å². The minimum absolute atomic E-state index is 0.0741. The molecule has 2 aromatic carbocycles. The van der Waals surface area contributed by atoms with E-state index in [1.165, 1.54) is 24.4 Å². The standard InChI is InChI=1S/C20H21BrFN3O3/c1-2-11-28-18-8-7-15(21)12-14(18)13-23-25-20(27)10-9-19(26)24-17-6-4-3-5-16(17)22/h3-8,12-13H,2,9-11H2,1H3,(H,24,26)(H,25,27). The number of amides is 2. The fourth-order valence-electron chi connectivity index (χ4n) is 2.20. The highest BCUT2D eigenvalue weighted by Crippen LogP contribution is 2.22. The molecule has 0 unspecified atom stereocenters. The fourth-order valence-corrected chi connectivity index (χ4v) is 2.57. The van der Waals surface area contributed by atoms with E-state index < -0.39 is 17.6 Å². The second kappa shape index (κ2) is 11.2. The van der Waals surface area contributed by atoms with Gasteiger partial charge in [0.1, 0.15) is 11.6 Å². The molecule has 8 heteroatoms. The Bertz CT molecular complexity index is 858. The summed E-state index contributed by atoms with van der Waals surface area (Å²) in [7, 11) is 0. The van der Waals surface area contributed by atoms with E-state index in [0.29, 0.717) is 17.9 Å². The van der Waals surface area contributed by atoms with E-state index in [1.807, 2.05) is 25.1 Å². The maximum atomic E-state index is 13.5. The van der Waals surface area contributed by atoms with Gasteiger partial charge in [0.2, 0.25) is 11.8 Å². The second-order valence-corrected chi connectivity index (χ2v) is 6.77. The summed E-state index contributed by atoms with van der Waals surface area (Å²) in [5.41, 5.74) is 3.16. The van der Waals surface area contributed by atoms with Crippen molar-refractivity contribution in [3.63, 3.8) is 0 Å². The van der Waals surface area contributed by atoms with Gasteiger partial charge in [-0.3, -0.25) is 9.59 Å². The van der Waals surface area contributed by atoms with E-state index in [2.05, 4.69) is 31.8 Å². The highest BCUT2D eigenvalue weighted by Gasteiger charge is 2.09. The number of halogens is 2. The number of benzene rings is 2. The van der Waals surface area contributed by atoms with Crippen molar-refractivity contribution in [1.82, 2.24) is 5.43 Å². The number of hydrogen-bond acceptors (Lipinski definition) is 4. The molecule has 0 atom stereocenters. The van der Waals surface area contributed by atoms with Gasteiger partial charge in [-0.1, -0.05) is 35.0 Å². The van der Waals surface area contributed by atoms with Gasteiger partial charge in [-0.25, -0.2) is 9.82 Å². The molecular weight excluding hydrogens is 429 g/mol. The smallest absolute Gasteiger partial charge is 0.240 e. The van der Waals surface area contributed by atoms with E-state index in [1.54, 1.807) is 6.07 Å². The molecule has 0 heterocycles. The van der Waals surface area contributed by atoms with Crippen LogP contribution in [0.4, 0.5) is 10.1 Å². The Labute approximate surface area is 171 Å². The van der Waals surface area contributed by atoms with Crippen LogP contribution in [0.15, 0.2) is 52.0 Å². The summed E-state index contributed by atoms with van der Waals surface area (Å²) in [5.74, 6) is -0.746. The number of nitrogens with zero attached hydrogens (tertiary/aromatic N) is 1. The first-order chi connectivity index (χ1) is 13.5. The van der Waals surface area contributed by atoms with Crippen molar-refractivity contribution in [1.29, 1.82) is 0 Å². The molecule has 0 saturated carbocycles. The fraction of sp³-hybridized carbons (Fsp3) is 0.250. The zero-order chi connectivity index (χ0) is 20.4. The van der Waals surface area contributed by atoms with Crippen LogP contribution >= 0.6 is 15.9 Å². The zero-order valence-corrected chi connectivity index (χ0v) is 17.0. The number of hydrogen-bond donors (Lipinski definition) is 2. The monoisotopic (exact) mass is 449 g/mol. The molecule has 2 aromatic rings. The largest absolute Gasteiger partial charge is 0.493 e. The van der Waals surface area contributed by atoms with Gasteiger partial charge in [0.15, 0.2) is 0 Å². The zero-order valence-electron chi connectivity index (χ0n) is 15.4. The summed E-state index contributed by atoms with van der Waals surface area (Å²) in [6.07, 6.45) is 2.19. The number of para-hydroxylation sites is 1. The highest BCUT2D eigenvalue weighted by molar-refractivity contribution is 9.10. The van der Waals surface area contributed by atoms with E-state index in [-0.39, 0.29) is 18.5 Å². The number of carbonyl (C=O) groups is 2. The summed E-state index contributed by atoms with van der Waals surface area (Å²) >= 11 is 3.38. The van der Waals surface area contributed by atoms with Crippen molar-refractivity contribution in [2.24, 2.45) is 5.10 Å². The SMILES string of the molecule is CCCOc1ccc(Br)cc1C=NNC(=O)CCC(=O)Nc1ccccc1F. The van der Waals surface area contributed by atoms with Gasteiger partial charge in [-0.15, -0.1) is 0 Å². The third-order valence-corrected chi connectivity index (χ3v) is 4.05. The van der Waals surface area contributed by atoms with Crippen LogP contribution in [-0.2, 0) is 9.59 Å². The van der Waals surface area contributed by atoms with E-state index in [9.17, 15) is 14.0 Å². The number of rotatable bonds is 9. The van der Waals surface area contributed by atoms with Gasteiger partial charge >= 0.3 is 0 Å². The summed E-state index contributed by atoms with van der Waals surface area (Å²) in [5, 5.41) is 6.34. The molecule has 0 aliphatic heterocycles. The third kappa shape index (κ3) is 7.11. The average Bonchev–Trinajstić information content (AvgIpc) is 2.67. The molecule has 0 aliphatic rings. The number of ether oxygens (including phenoxy) is 1. The number of nitrogens with one attached hydrogen (secondary N) is 2. The van der Waals surface area contributed by atoms with Crippen LogP contribution in [0.25, 0.3) is 0 Å². The van der Waals surface area contributed by atoms with Gasteiger partial charge < -0.3 is 10.1 Å². The Balaban J connectivity index is 1.83. The predicted octanol–water partition coefficient (Wildman–Crippen LogP) is 4.25. The van der Waals surface area contributed by atoms with E-state index in [4.69, 9.17) is 4.74 Å². The number of hydrazone groups is 1. The van der Waals surface area contributed by atoms with Crippen LogP contribution in [0.3, 0.4) is 0 Å². The summed E-state index contributed by atoms with van der Waals surface area (Å²) in [4.78, 5) is 23.7. The first-order valence-electron chi connectivity index (χ1n) is 8.78. The predicted molar refractivity (Wildman–Crippen MR) is 110 cm³/mol. The first kappa shape index (κ1) is 21.6. The van der Waals surface area contributed by atoms with Gasteiger partial charge in [0, 0.05) is 22.9 Å². The Hall–Kier alpha value is -2.74. The number of anilines is 1. The molecule has 148 valence electrons. The van der Waals surface area contributed by atoms with Crippen LogP contribution < -0.4 is 15.5 Å². The lowest BCUT2D eigenvalue weighted by Crippen LogP contribution is -2.21. The second-order valence-electron chi connectivity index (χ2n) is 5.85. The lowest BCUT2D eigenvalue weighted by molar-refractivity contribution is -0.124. The van der Waals surface area contributed by atoms with Crippen LogP contribution in [-0.4, -0.2) is 24.6 Å². The van der Waals surface area contributed by atoms with Gasteiger partial charge in [0.05, 0.1) is 18.5 Å². The maximum Gasteiger partial charge on any atom is 0.240 e. The maximum absolute atomic E-state index is 13.5. The van der Waals surface area contributed by atoms with Gasteiger partial charge in [0.25, 0.3) is 0 Å². The van der Waals surface area contributed by atoms with Crippen molar-refractivity contribution < 1.29 is 18.7 Å². The molecule has 0 radical (unpaired) electrons. The minimum Gasteiger partial charge on any atom is -0.493 e. The molecule has 28 heavy (non-hydrogen) atoms. The van der Waals surface area contributed by atoms with Crippen molar-refractivity contribution in [2.75, 3.05) is 11.9 Å². The van der Waals surface area contributed by atoms with Crippen molar-refractivity contribution in [2.45, 2.75) is 26.2 Å². The first-order valence-corrected chi connectivity index (χ1v) is 9.57. The molecule has 2 N–H and O–H groups in total. The molecule has 0 bridgehead atoms. The van der Waals surface area contributed by atoms with Crippen molar-refractivity contribution >= 4 is 39.6 Å². The summed E-state index contributed by atoms with van der Waals surface area (Å²) in [6, 6.07) is 11.3. The number of carbonyl (C=O) groups excluding carboxylic acids is 2. The Morgan fingerprint density at radius 3 is 2.68 bits per heavy atom. The highest BCUT2D eigenvalue weighted by atomic mass is 79.9. The molecule has 0 fully saturated rings. The average molecular weight is 450 g/mol. The summed E-state index contributed by atoms with van der Waals surface area (Å²) in [6.45, 7) is 2.58. The minimum atomic E-state index is -0.528. The van der Waals surface area contributed by atoms with Crippen molar-refractivity contribution in [3.05, 3.63) is 58.3 Å². The van der Waals surface area contributed by atoms with Crippen LogP contribution in [0, 0.1) is 5.82 Å². The lowest BCUT2D eigenvalue weighted by atomic mass is 10.2. The lowest BCUT2D eigenvalue weighted by Gasteiger charge is -2.08. The Kier molecular flexibility index (Phi) is 8.61. The van der Waals surface area contributed by atoms with Crippen molar-refractivity contribution in [3.8, 4) is 5.75 Å². The Morgan fingerprint density at radius 2 is 1.93 bits per heavy atom. The molecule has 2 rings (SSSR count). The summed E-state index contributed by atoms with van der Waals surface area (Å²) < 4.78 is 20.0. The third-order valence-electron chi connectivity index (χ3n) is 3.55. The normalized spacial score (nSPS) is 10.7.